The summed E-state index contributed by atoms with van der Waals surface area (Å²) in [5.41, 5.74) is 0.970. The van der Waals surface area contributed by atoms with E-state index in [2.05, 4.69) is 5.32 Å². The van der Waals surface area contributed by atoms with Crippen molar-refractivity contribution in [3.05, 3.63) is 34.9 Å². The molecule has 1 aromatic carbocycles. The molecular formula is C16H24F3NO. The summed E-state index contributed by atoms with van der Waals surface area (Å²) in [4.78, 5) is 0. The highest BCUT2D eigenvalue weighted by Gasteiger charge is 2.31. The van der Waals surface area contributed by atoms with E-state index in [4.69, 9.17) is 4.74 Å². The predicted molar refractivity (Wildman–Crippen MR) is 78.3 cm³/mol. The van der Waals surface area contributed by atoms with Gasteiger partial charge in [-0.05, 0) is 49.6 Å². The van der Waals surface area contributed by atoms with Crippen LogP contribution >= 0.6 is 0 Å². The molecule has 0 aromatic heterocycles. The molecule has 0 saturated heterocycles. The van der Waals surface area contributed by atoms with Gasteiger partial charge in [-0.1, -0.05) is 19.9 Å². The zero-order chi connectivity index (χ0) is 15.9. The summed E-state index contributed by atoms with van der Waals surface area (Å²) in [5, 5.41) is 3.31. The SMILES string of the molecule is CCCOCCC(NCC)c1ccc(C(F)(F)F)cc1C. The molecule has 0 fully saturated rings. The molecule has 0 aliphatic rings. The van der Waals surface area contributed by atoms with E-state index in [0.29, 0.717) is 18.8 Å². The van der Waals surface area contributed by atoms with Crippen molar-refractivity contribution < 1.29 is 17.9 Å². The Morgan fingerprint density at radius 1 is 1.19 bits per heavy atom. The largest absolute Gasteiger partial charge is 0.416 e. The second kappa shape index (κ2) is 8.39. The van der Waals surface area contributed by atoms with Crippen molar-refractivity contribution in [2.75, 3.05) is 19.8 Å². The Hall–Kier alpha value is -1.07. The maximum absolute atomic E-state index is 12.7. The van der Waals surface area contributed by atoms with E-state index in [1.807, 2.05) is 13.8 Å². The summed E-state index contributed by atoms with van der Waals surface area (Å²) in [6.07, 6.45) is -2.58. The Kier molecular flexibility index (Phi) is 7.18. The van der Waals surface area contributed by atoms with Gasteiger partial charge in [0.25, 0.3) is 0 Å². The second-order valence-corrected chi connectivity index (χ2v) is 5.08. The maximum atomic E-state index is 12.7. The molecule has 0 saturated carbocycles. The highest BCUT2D eigenvalue weighted by Crippen LogP contribution is 2.32. The monoisotopic (exact) mass is 303 g/mol. The number of ether oxygens (including phenoxy) is 1. The quantitative estimate of drug-likeness (QED) is 0.715. The fourth-order valence-electron chi connectivity index (χ4n) is 2.30. The zero-order valence-corrected chi connectivity index (χ0v) is 12.9. The van der Waals surface area contributed by atoms with E-state index in [1.54, 1.807) is 13.0 Å². The van der Waals surface area contributed by atoms with Gasteiger partial charge >= 0.3 is 6.18 Å². The first-order chi connectivity index (χ1) is 9.90. The highest BCUT2D eigenvalue weighted by atomic mass is 19.4. The van der Waals surface area contributed by atoms with Gasteiger partial charge in [-0.15, -0.1) is 0 Å². The van der Waals surface area contributed by atoms with Gasteiger partial charge in [0, 0.05) is 19.3 Å². The van der Waals surface area contributed by atoms with Gasteiger partial charge < -0.3 is 10.1 Å². The lowest BCUT2D eigenvalue weighted by molar-refractivity contribution is -0.137. The first-order valence-electron chi connectivity index (χ1n) is 7.39. The van der Waals surface area contributed by atoms with Crippen LogP contribution < -0.4 is 5.32 Å². The topological polar surface area (TPSA) is 21.3 Å². The Balaban J connectivity index is 2.82. The van der Waals surface area contributed by atoms with Gasteiger partial charge in [0.15, 0.2) is 0 Å². The van der Waals surface area contributed by atoms with E-state index in [1.165, 1.54) is 6.07 Å². The second-order valence-electron chi connectivity index (χ2n) is 5.08. The number of aryl methyl sites for hydroxylation is 1. The predicted octanol–water partition coefficient (Wildman–Crippen LogP) is 4.48. The van der Waals surface area contributed by atoms with Gasteiger partial charge in [0.1, 0.15) is 0 Å². The molecule has 21 heavy (non-hydrogen) atoms. The van der Waals surface area contributed by atoms with Gasteiger partial charge in [-0.3, -0.25) is 0 Å². The van der Waals surface area contributed by atoms with Crippen molar-refractivity contribution in [3.8, 4) is 0 Å². The Morgan fingerprint density at radius 2 is 1.90 bits per heavy atom. The van der Waals surface area contributed by atoms with Crippen molar-refractivity contribution in [1.82, 2.24) is 5.32 Å². The number of hydrogen-bond acceptors (Lipinski definition) is 2. The average molecular weight is 303 g/mol. The Bertz CT molecular complexity index is 432. The van der Waals surface area contributed by atoms with Crippen molar-refractivity contribution in [2.24, 2.45) is 0 Å². The summed E-state index contributed by atoms with van der Waals surface area (Å²) < 4.78 is 43.6. The lowest BCUT2D eigenvalue weighted by Crippen LogP contribution is -2.23. The lowest BCUT2D eigenvalue weighted by Gasteiger charge is -2.21. The zero-order valence-electron chi connectivity index (χ0n) is 12.9. The van der Waals surface area contributed by atoms with Crippen LogP contribution in [0.2, 0.25) is 0 Å². The fourth-order valence-corrected chi connectivity index (χ4v) is 2.30. The van der Waals surface area contributed by atoms with Crippen LogP contribution in [0.3, 0.4) is 0 Å². The van der Waals surface area contributed by atoms with Gasteiger partial charge in [0.05, 0.1) is 5.56 Å². The fraction of sp³-hybridized carbons (Fsp3) is 0.625. The molecule has 1 atom stereocenters. The molecule has 2 nitrogen and oxygen atoms in total. The Labute approximate surface area is 124 Å². The van der Waals surface area contributed by atoms with Crippen molar-refractivity contribution in [1.29, 1.82) is 0 Å². The van der Waals surface area contributed by atoms with Crippen LogP contribution in [0.5, 0.6) is 0 Å². The number of benzene rings is 1. The number of alkyl halides is 3. The average Bonchev–Trinajstić information content (AvgIpc) is 2.41. The molecule has 0 aliphatic heterocycles. The van der Waals surface area contributed by atoms with Gasteiger partial charge in [-0.25, -0.2) is 0 Å². The van der Waals surface area contributed by atoms with Crippen LogP contribution in [0, 0.1) is 6.92 Å². The van der Waals surface area contributed by atoms with E-state index < -0.39 is 11.7 Å². The molecule has 1 rings (SSSR count). The van der Waals surface area contributed by atoms with Crippen LogP contribution in [0.25, 0.3) is 0 Å². The molecule has 1 unspecified atom stereocenters. The molecular weight excluding hydrogens is 279 g/mol. The molecule has 1 N–H and O–H groups in total. The van der Waals surface area contributed by atoms with E-state index >= 15 is 0 Å². The van der Waals surface area contributed by atoms with Crippen LogP contribution in [-0.2, 0) is 10.9 Å². The first kappa shape index (κ1) is 18.0. The third-order valence-corrected chi connectivity index (χ3v) is 3.32. The molecule has 5 heteroatoms. The lowest BCUT2D eigenvalue weighted by atomic mass is 9.96. The minimum Gasteiger partial charge on any atom is -0.381 e. The molecule has 0 bridgehead atoms. The van der Waals surface area contributed by atoms with Crippen LogP contribution in [-0.4, -0.2) is 19.8 Å². The number of hydrogen-bond donors (Lipinski definition) is 1. The highest BCUT2D eigenvalue weighted by molar-refractivity contribution is 5.34. The maximum Gasteiger partial charge on any atom is 0.416 e. The first-order valence-corrected chi connectivity index (χ1v) is 7.39. The van der Waals surface area contributed by atoms with E-state index in [0.717, 1.165) is 31.0 Å². The molecule has 1 aromatic rings. The summed E-state index contributed by atoms with van der Waals surface area (Å²) in [6.45, 7) is 7.83. The van der Waals surface area contributed by atoms with E-state index in [9.17, 15) is 13.2 Å². The van der Waals surface area contributed by atoms with Gasteiger partial charge in [0.2, 0.25) is 0 Å². The van der Waals surface area contributed by atoms with Gasteiger partial charge in [-0.2, -0.15) is 13.2 Å². The Morgan fingerprint density at radius 3 is 2.43 bits per heavy atom. The summed E-state index contributed by atoms with van der Waals surface area (Å²) >= 11 is 0. The normalized spacial score (nSPS) is 13.4. The van der Waals surface area contributed by atoms with E-state index in [-0.39, 0.29) is 6.04 Å². The standard InChI is InChI=1S/C16H24F3NO/c1-4-9-21-10-8-15(20-5-2)14-7-6-13(11-12(14)3)16(17,18)19/h6-7,11,15,20H,4-5,8-10H2,1-3H3. The molecule has 0 radical (unpaired) electrons. The van der Waals surface area contributed by atoms with Crippen molar-refractivity contribution in [2.45, 2.75) is 45.8 Å². The number of nitrogens with one attached hydrogen (secondary N) is 1. The molecule has 120 valence electrons. The number of rotatable bonds is 8. The molecule has 0 spiro atoms. The molecule has 0 amide bonds. The van der Waals surface area contributed by atoms with Crippen LogP contribution in [0.15, 0.2) is 18.2 Å². The summed E-state index contributed by atoms with van der Waals surface area (Å²) in [5.74, 6) is 0. The van der Waals surface area contributed by atoms with Crippen LogP contribution in [0.4, 0.5) is 13.2 Å². The summed E-state index contributed by atoms with van der Waals surface area (Å²) in [6, 6.07) is 3.96. The summed E-state index contributed by atoms with van der Waals surface area (Å²) in [7, 11) is 0. The number of halogens is 3. The third-order valence-electron chi connectivity index (χ3n) is 3.32. The molecule has 0 aliphatic carbocycles. The minimum absolute atomic E-state index is 0.0224. The minimum atomic E-state index is -4.29. The van der Waals surface area contributed by atoms with Crippen molar-refractivity contribution >= 4 is 0 Å². The molecule has 0 heterocycles. The third kappa shape index (κ3) is 5.67. The smallest absolute Gasteiger partial charge is 0.381 e. The van der Waals surface area contributed by atoms with Crippen LogP contribution in [0.1, 0.15) is 49.4 Å². The van der Waals surface area contributed by atoms with Crippen molar-refractivity contribution in [3.63, 3.8) is 0 Å².